The Morgan fingerprint density at radius 3 is 2.83 bits per heavy atom. The Hall–Kier alpha value is -1.10. The quantitative estimate of drug-likeness (QED) is 0.544. The molecule has 1 fully saturated rings. The minimum absolute atomic E-state index is 0.000325. The van der Waals surface area contributed by atoms with E-state index in [1.54, 1.807) is 6.92 Å². The fourth-order valence-corrected chi connectivity index (χ4v) is 2.17. The van der Waals surface area contributed by atoms with E-state index in [0.717, 1.165) is 32.2 Å². The summed E-state index contributed by atoms with van der Waals surface area (Å²) in [5, 5.41) is 2.87. The van der Waals surface area contributed by atoms with Crippen molar-refractivity contribution in [2.45, 2.75) is 45.6 Å². The maximum atomic E-state index is 11.7. The molecule has 0 bridgehead atoms. The van der Waals surface area contributed by atoms with Gasteiger partial charge in [0.2, 0.25) is 5.91 Å². The zero-order valence-corrected chi connectivity index (χ0v) is 11.4. The van der Waals surface area contributed by atoms with Gasteiger partial charge in [0, 0.05) is 6.54 Å². The van der Waals surface area contributed by atoms with Gasteiger partial charge in [-0.05, 0) is 32.7 Å². The lowest BCUT2D eigenvalue weighted by molar-refractivity contribution is -0.148. The molecule has 1 aliphatic rings. The molecule has 1 aliphatic heterocycles. The third kappa shape index (κ3) is 4.64. The molecule has 1 heterocycles. The molecule has 1 saturated heterocycles. The molecular weight excluding hydrogens is 232 g/mol. The van der Waals surface area contributed by atoms with Crippen LogP contribution in [0.1, 0.15) is 39.5 Å². The maximum Gasteiger partial charge on any atom is 0.323 e. The molecule has 0 spiro atoms. The smallest absolute Gasteiger partial charge is 0.323 e. The summed E-state index contributed by atoms with van der Waals surface area (Å²) < 4.78 is 5.02. The third-order valence-electron chi connectivity index (χ3n) is 3.12. The van der Waals surface area contributed by atoms with Gasteiger partial charge in [0.1, 0.15) is 6.04 Å². The summed E-state index contributed by atoms with van der Waals surface area (Å²) in [6.45, 7) is 6.09. The third-order valence-corrected chi connectivity index (χ3v) is 3.12. The van der Waals surface area contributed by atoms with E-state index in [1.807, 2.05) is 4.90 Å². The van der Waals surface area contributed by atoms with E-state index in [1.165, 1.54) is 0 Å². The van der Waals surface area contributed by atoms with Crippen molar-refractivity contribution >= 4 is 11.9 Å². The van der Waals surface area contributed by atoms with Crippen LogP contribution in [-0.2, 0) is 14.3 Å². The van der Waals surface area contributed by atoms with Gasteiger partial charge in [-0.15, -0.1) is 0 Å². The zero-order chi connectivity index (χ0) is 13.4. The zero-order valence-electron chi connectivity index (χ0n) is 11.4. The lowest BCUT2D eigenvalue weighted by atomic mass is 10.2. The van der Waals surface area contributed by atoms with Crippen LogP contribution in [0.5, 0.6) is 0 Å². The van der Waals surface area contributed by atoms with Crippen molar-refractivity contribution in [3.8, 4) is 0 Å². The van der Waals surface area contributed by atoms with Crippen molar-refractivity contribution in [2.75, 3.05) is 26.2 Å². The fraction of sp³-hybridized carbons (Fsp3) is 0.846. The van der Waals surface area contributed by atoms with E-state index >= 15 is 0 Å². The Bertz CT molecular complexity index is 281. The molecule has 18 heavy (non-hydrogen) atoms. The molecule has 1 atom stereocenters. The molecule has 0 aliphatic carbocycles. The second-order valence-electron chi connectivity index (χ2n) is 4.58. The van der Waals surface area contributed by atoms with Gasteiger partial charge in [-0.3, -0.25) is 14.5 Å². The van der Waals surface area contributed by atoms with Crippen molar-refractivity contribution in [1.82, 2.24) is 10.2 Å². The molecule has 0 aromatic heterocycles. The fourth-order valence-electron chi connectivity index (χ4n) is 2.17. The monoisotopic (exact) mass is 256 g/mol. The SMILES string of the molecule is CCCCNC(=O)CN1CCCC1C(=O)OCC. The van der Waals surface area contributed by atoms with E-state index < -0.39 is 0 Å². The molecule has 1 N–H and O–H groups in total. The van der Waals surface area contributed by atoms with Gasteiger partial charge in [0.25, 0.3) is 0 Å². The number of nitrogens with zero attached hydrogens (tertiary/aromatic N) is 1. The maximum absolute atomic E-state index is 11.7. The minimum atomic E-state index is -0.234. The van der Waals surface area contributed by atoms with E-state index in [9.17, 15) is 9.59 Å². The van der Waals surface area contributed by atoms with Crippen LogP contribution in [0.3, 0.4) is 0 Å². The highest BCUT2D eigenvalue weighted by Crippen LogP contribution is 2.17. The van der Waals surface area contributed by atoms with Crippen molar-refractivity contribution < 1.29 is 14.3 Å². The molecule has 0 radical (unpaired) electrons. The molecule has 5 heteroatoms. The number of rotatable bonds is 7. The predicted octanol–water partition coefficient (Wildman–Crippen LogP) is 0.930. The highest BCUT2D eigenvalue weighted by atomic mass is 16.5. The van der Waals surface area contributed by atoms with Crippen LogP contribution in [0.4, 0.5) is 0 Å². The number of hydrogen-bond acceptors (Lipinski definition) is 4. The van der Waals surface area contributed by atoms with Crippen molar-refractivity contribution in [3.63, 3.8) is 0 Å². The number of nitrogens with one attached hydrogen (secondary N) is 1. The number of amides is 1. The van der Waals surface area contributed by atoms with Crippen LogP contribution in [-0.4, -0.2) is 49.1 Å². The lowest BCUT2D eigenvalue weighted by Crippen LogP contribution is -2.43. The first-order valence-electron chi connectivity index (χ1n) is 6.86. The molecule has 1 unspecified atom stereocenters. The topological polar surface area (TPSA) is 58.6 Å². The van der Waals surface area contributed by atoms with Crippen LogP contribution in [0, 0.1) is 0 Å². The van der Waals surface area contributed by atoms with Gasteiger partial charge in [-0.2, -0.15) is 0 Å². The Kier molecular flexibility index (Phi) is 6.72. The Balaban J connectivity index is 2.35. The number of carbonyl (C=O) groups is 2. The number of unbranched alkanes of at least 4 members (excludes halogenated alkanes) is 1. The van der Waals surface area contributed by atoms with Gasteiger partial charge in [0.15, 0.2) is 0 Å². The summed E-state index contributed by atoms with van der Waals surface area (Å²) in [5.74, 6) is -0.198. The Labute approximate surface area is 109 Å². The highest BCUT2D eigenvalue weighted by Gasteiger charge is 2.32. The summed E-state index contributed by atoms with van der Waals surface area (Å²) in [5.41, 5.74) is 0. The van der Waals surface area contributed by atoms with Crippen LogP contribution < -0.4 is 5.32 Å². The molecule has 0 aromatic carbocycles. The second-order valence-corrected chi connectivity index (χ2v) is 4.58. The number of hydrogen-bond donors (Lipinski definition) is 1. The van der Waals surface area contributed by atoms with E-state index in [-0.39, 0.29) is 17.9 Å². The van der Waals surface area contributed by atoms with Gasteiger partial charge < -0.3 is 10.1 Å². The first kappa shape index (κ1) is 15.0. The molecule has 5 nitrogen and oxygen atoms in total. The molecule has 104 valence electrons. The summed E-state index contributed by atoms with van der Waals surface area (Å²) in [4.78, 5) is 25.3. The van der Waals surface area contributed by atoms with E-state index in [4.69, 9.17) is 4.74 Å². The Morgan fingerprint density at radius 2 is 2.17 bits per heavy atom. The average Bonchev–Trinajstić information content (AvgIpc) is 2.78. The molecule has 0 saturated carbocycles. The van der Waals surface area contributed by atoms with E-state index in [2.05, 4.69) is 12.2 Å². The summed E-state index contributed by atoms with van der Waals surface area (Å²) in [7, 11) is 0. The van der Waals surface area contributed by atoms with Crippen LogP contribution in [0.2, 0.25) is 0 Å². The van der Waals surface area contributed by atoms with Crippen molar-refractivity contribution in [3.05, 3.63) is 0 Å². The van der Waals surface area contributed by atoms with Gasteiger partial charge in [0.05, 0.1) is 13.2 Å². The summed E-state index contributed by atoms with van der Waals surface area (Å²) in [6.07, 6.45) is 3.80. The highest BCUT2D eigenvalue weighted by molar-refractivity contribution is 5.80. The molecular formula is C13H24N2O3. The summed E-state index contributed by atoms with van der Waals surface area (Å²) in [6, 6.07) is -0.234. The standard InChI is InChI=1S/C13H24N2O3/c1-3-5-8-14-12(16)10-15-9-6-7-11(15)13(17)18-4-2/h11H,3-10H2,1-2H3,(H,14,16). The van der Waals surface area contributed by atoms with Gasteiger partial charge in [-0.1, -0.05) is 13.3 Å². The predicted molar refractivity (Wildman–Crippen MR) is 69.1 cm³/mol. The van der Waals surface area contributed by atoms with Crippen LogP contribution >= 0.6 is 0 Å². The van der Waals surface area contributed by atoms with E-state index in [0.29, 0.717) is 19.7 Å². The minimum Gasteiger partial charge on any atom is -0.465 e. The van der Waals surface area contributed by atoms with Gasteiger partial charge >= 0.3 is 5.97 Å². The van der Waals surface area contributed by atoms with Gasteiger partial charge in [-0.25, -0.2) is 0 Å². The van der Waals surface area contributed by atoms with Crippen molar-refractivity contribution in [2.24, 2.45) is 0 Å². The number of carbonyl (C=O) groups excluding carboxylic acids is 2. The first-order valence-corrected chi connectivity index (χ1v) is 6.86. The molecule has 1 amide bonds. The number of likely N-dealkylation sites (tertiary alicyclic amines) is 1. The Morgan fingerprint density at radius 1 is 1.39 bits per heavy atom. The normalized spacial score (nSPS) is 19.8. The molecule has 1 rings (SSSR count). The molecule has 0 aromatic rings. The average molecular weight is 256 g/mol. The summed E-state index contributed by atoms with van der Waals surface area (Å²) >= 11 is 0. The van der Waals surface area contributed by atoms with Crippen LogP contribution in [0.25, 0.3) is 0 Å². The number of esters is 1. The lowest BCUT2D eigenvalue weighted by Gasteiger charge is -2.22. The largest absolute Gasteiger partial charge is 0.465 e. The second kappa shape index (κ2) is 8.08. The van der Waals surface area contributed by atoms with Crippen molar-refractivity contribution in [1.29, 1.82) is 0 Å². The first-order chi connectivity index (χ1) is 8.69. The van der Waals surface area contributed by atoms with Crippen LogP contribution in [0.15, 0.2) is 0 Å². The number of ether oxygens (including phenoxy) is 1.